The van der Waals surface area contributed by atoms with Crippen molar-refractivity contribution in [1.82, 2.24) is 19.7 Å². The Kier molecular flexibility index (Phi) is 4.31. The zero-order chi connectivity index (χ0) is 18.1. The normalized spacial score (nSPS) is 11.0. The summed E-state index contributed by atoms with van der Waals surface area (Å²) in [5.74, 6) is 0.756. The molecule has 5 nitrogen and oxygen atoms in total. The summed E-state index contributed by atoms with van der Waals surface area (Å²) in [4.78, 5) is 8.82. The van der Waals surface area contributed by atoms with Crippen LogP contribution >= 0.6 is 11.6 Å². The minimum atomic E-state index is 0.626. The summed E-state index contributed by atoms with van der Waals surface area (Å²) in [6.07, 6.45) is 3.36. The molecule has 0 amide bonds. The summed E-state index contributed by atoms with van der Waals surface area (Å²) in [6, 6.07) is 14.0. The zero-order valence-electron chi connectivity index (χ0n) is 14.6. The molecule has 0 aliphatic heterocycles. The van der Waals surface area contributed by atoms with Gasteiger partial charge in [0.2, 0.25) is 0 Å². The maximum Gasteiger partial charge on any atom is 0.168 e. The van der Waals surface area contributed by atoms with Crippen LogP contribution in [0.2, 0.25) is 5.02 Å². The van der Waals surface area contributed by atoms with Gasteiger partial charge in [0, 0.05) is 11.6 Å². The van der Waals surface area contributed by atoms with Crippen LogP contribution in [0.3, 0.4) is 0 Å². The lowest BCUT2D eigenvalue weighted by Gasteiger charge is -2.09. The van der Waals surface area contributed by atoms with Gasteiger partial charge in [0.25, 0.3) is 0 Å². The minimum Gasteiger partial charge on any atom is -0.365 e. The van der Waals surface area contributed by atoms with E-state index in [0.717, 1.165) is 38.7 Å². The van der Waals surface area contributed by atoms with Crippen LogP contribution in [0.4, 0.5) is 5.82 Å². The lowest BCUT2D eigenvalue weighted by atomic mass is 10.1. The third-order valence-electron chi connectivity index (χ3n) is 4.30. The SMILES string of the molecule is Cc1ccc(-n2ncc3c(NCc4cccc(Cl)c4)ncnc32)c(C)c1. The second-order valence-corrected chi connectivity index (χ2v) is 6.73. The molecule has 0 fully saturated rings. The van der Waals surface area contributed by atoms with Crippen molar-refractivity contribution in [2.75, 3.05) is 5.32 Å². The summed E-state index contributed by atoms with van der Waals surface area (Å²) in [7, 11) is 0. The number of benzene rings is 2. The first-order valence-electron chi connectivity index (χ1n) is 8.36. The molecular weight excluding hydrogens is 346 g/mol. The Labute approximate surface area is 156 Å². The molecule has 0 spiro atoms. The molecule has 130 valence electrons. The summed E-state index contributed by atoms with van der Waals surface area (Å²) in [5.41, 5.74) is 5.26. The standard InChI is InChI=1S/C20H18ClN5/c1-13-6-7-18(14(2)8-13)26-20-17(11-25-26)19(23-12-24-20)22-10-15-4-3-5-16(21)9-15/h3-9,11-12H,10H2,1-2H3,(H,22,23,24). The summed E-state index contributed by atoms with van der Waals surface area (Å²) in [5, 5.41) is 9.50. The number of rotatable bonds is 4. The molecule has 0 unspecified atom stereocenters. The Morgan fingerprint density at radius 2 is 1.96 bits per heavy atom. The molecule has 1 N–H and O–H groups in total. The van der Waals surface area contributed by atoms with Crippen LogP contribution in [0, 0.1) is 13.8 Å². The van der Waals surface area contributed by atoms with Gasteiger partial charge in [0.15, 0.2) is 5.65 Å². The highest BCUT2D eigenvalue weighted by Crippen LogP contribution is 2.24. The fourth-order valence-corrected chi connectivity index (χ4v) is 3.25. The van der Waals surface area contributed by atoms with Crippen molar-refractivity contribution >= 4 is 28.5 Å². The van der Waals surface area contributed by atoms with E-state index in [9.17, 15) is 0 Å². The largest absolute Gasteiger partial charge is 0.365 e. The van der Waals surface area contributed by atoms with E-state index in [2.05, 4.69) is 52.4 Å². The Bertz CT molecular complexity index is 1090. The minimum absolute atomic E-state index is 0.626. The van der Waals surface area contributed by atoms with Gasteiger partial charge in [-0.2, -0.15) is 5.10 Å². The average Bonchev–Trinajstić information content (AvgIpc) is 3.04. The molecular formula is C20H18ClN5. The lowest BCUT2D eigenvalue weighted by Crippen LogP contribution is -2.04. The number of aromatic nitrogens is 4. The molecule has 0 atom stereocenters. The van der Waals surface area contributed by atoms with Crippen LogP contribution in [-0.4, -0.2) is 19.7 Å². The smallest absolute Gasteiger partial charge is 0.168 e. The summed E-state index contributed by atoms with van der Waals surface area (Å²) in [6.45, 7) is 4.79. The monoisotopic (exact) mass is 363 g/mol. The van der Waals surface area contributed by atoms with Gasteiger partial charge < -0.3 is 5.32 Å². The number of hydrogen-bond acceptors (Lipinski definition) is 4. The van der Waals surface area contributed by atoms with Crippen LogP contribution in [-0.2, 0) is 6.54 Å². The average molecular weight is 364 g/mol. The van der Waals surface area contributed by atoms with Crippen molar-refractivity contribution < 1.29 is 0 Å². The van der Waals surface area contributed by atoms with Crippen molar-refractivity contribution in [2.24, 2.45) is 0 Å². The number of halogens is 1. The molecule has 2 aromatic heterocycles. The van der Waals surface area contributed by atoms with Crippen molar-refractivity contribution in [2.45, 2.75) is 20.4 Å². The van der Waals surface area contributed by atoms with Crippen molar-refractivity contribution in [1.29, 1.82) is 0 Å². The topological polar surface area (TPSA) is 55.6 Å². The Morgan fingerprint density at radius 3 is 2.77 bits per heavy atom. The van der Waals surface area contributed by atoms with Crippen molar-refractivity contribution in [3.8, 4) is 5.69 Å². The zero-order valence-corrected chi connectivity index (χ0v) is 15.3. The van der Waals surface area contributed by atoms with Crippen molar-refractivity contribution in [3.63, 3.8) is 0 Å². The fourth-order valence-electron chi connectivity index (χ4n) is 3.04. The molecule has 0 aliphatic carbocycles. The van der Waals surface area contributed by atoms with Gasteiger partial charge in [-0.3, -0.25) is 0 Å². The van der Waals surface area contributed by atoms with Crippen LogP contribution in [0.1, 0.15) is 16.7 Å². The van der Waals surface area contributed by atoms with Crippen LogP contribution < -0.4 is 5.32 Å². The highest BCUT2D eigenvalue weighted by atomic mass is 35.5. The Balaban J connectivity index is 1.69. The highest BCUT2D eigenvalue weighted by molar-refractivity contribution is 6.30. The van der Waals surface area contributed by atoms with Gasteiger partial charge in [-0.15, -0.1) is 0 Å². The molecule has 0 saturated carbocycles. The third kappa shape index (κ3) is 3.13. The molecule has 2 heterocycles. The first-order valence-corrected chi connectivity index (χ1v) is 8.74. The van der Waals surface area contributed by atoms with Crippen LogP contribution in [0.25, 0.3) is 16.7 Å². The Morgan fingerprint density at radius 1 is 1.08 bits per heavy atom. The number of aryl methyl sites for hydroxylation is 2. The quantitative estimate of drug-likeness (QED) is 0.571. The molecule has 26 heavy (non-hydrogen) atoms. The van der Waals surface area contributed by atoms with E-state index in [1.54, 1.807) is 12.5 Å². The number of nitrogens with one attached hydrogen (secondary N) is 1. The van der Waals surface area contributed by atoms with E-state index in [1.807, 2.05) is 28.9 Å². The number of hydrogen-bond donors (Lipinski definition) is 1. The van der Waals surface area contributed by atoms with Gasteiger partial charge in [-0.25, -0.2) is 14.6 Å². The van der Waals surface area contributed by atoms with Crippen LogP contribution in [0.15, 0.2) is 55.0 Å². The van der Waals surface area contributed by atoms with E-state index in [1.165, 1.54) is 5.56 Å². The summed E-state index contributed by atoms with van der Waals surface area (Å²) < 4.78 is 1.86. The van der Waals surface area contributed by atoms with Crippen LogP contribution in [0.5, 0.6) is 0 Å². The van der Waals surface area contributed by atoms with Gasteiger partial charge in [-0.05, 0) is 43.2 Å². The molecule has 0 aliphatic rings. The molecule has 4 rings (SSSR count). The number of nitrogens with zero attached hydrogens (tertiary/aromatic N) is 4. The molecule has 0 saturated heterocycles. The molecule has 2 aromatic carbocycles. The van der Waals surface area contributed by atoms with Gasteiger partial charge in [-0.1, -0.05) is 41.4 Å². The van der Waals surface area contributed by atoms with Crippen molar-refractivity contribution in [3.05, 3.63) is 76.7 Å². The molecule has 0 radical (unpaired) electrons. The number of anilines is 1. The first-order chi connectivity index (χ1) is 12.6. The fraction of sp³-hybridized carbons (Fsp3) is 0.150. The Hall–Kier alpha value is -2.92. The van der Waals surface area contributed by atoms with E-state index < -0.39 is 0 Å². The van der Waals surface area contributed by atoms with Gasteiger partial charge >= 0.3 is 0 Å². The predicted molar refractivity (Wildman–Crippen MR) is 105 cm³/mol. The highest BCUT2D eigenvalue weighted by Gasteiger charge is 2.12. The maximum absolute atomic E-state index is 6.05. The second-order valence-electron chi connectivity index (χ2n) is 6.29. The van der Waals surface area contributed by atoms with E-state index in [0.29, 0.717) is 6.54 Å². The third-order valence-corrected chi connectivity index (χ3v) is 4.53. The molecule has 6 heteroatoms. The van der Waals surface area contributed by atoms with E-state index >= 15 is 0 Å². The van der Waals surface area contributed by atoms with Gasteiger partial charge in [0.05, 0.1) is 17.3 Å². The summed E-state index contributed by atoms with van der Waals surface area (Å²) >= 11 is 6.05. The lowest BCUT2D eigenvalue weighted by molar-refractivity contribution is 0.886. The van der Waals surface area contributed by atoms with Gasteiger partial charge in [0.1, 0.15) is 12.1 Å². The predicted octanol–water partition coefficient (Wildman–Crippen LogP) is 4.70. The maximum atomic E-state index is 6.05. The number of fused-ring (bicyclic) bond motifs is 1. The first kappa shape index (κ1) is 16.5. The molecule has 0 bridgehead atoms. The van der Waals surface area contributed by atoms with E-state index in [4.69, 9.17) is 11.6 Å². The second kappa shape index (κ2) is 6.77. The molecule has 4 aromatic rings. The van der Waals surface area contributed by atoms with E-state index in [-0.39, 0.29) is 0 Å².